The van der Waals surface area contributed by atoms with Crippen molar-refractivity contribution in [2.75, 3.05) is 6.61 Å². The molecule has 3 nitrogen and oxygen atoms in total. The van der Waals surface area contributed by atoms with Gasteiger partial charge in [-0.1, -0.05) is 11.6 Å². The molecule has 2 aromatic rings. The van der Waals surface area contributed by atoms with E-state index in [4.69, 9.17) is 21.1 Å². The van der Waals surface area contributed by atoms with Crippen molar-refractivity contribution >= 4 is 11.6 Å². The third-order valence-electron chi connectivity index (χ3n) is 3.60. The first-order valence-electron chi connectivity index (χ1n) is 7.08. The van der Waals surface area contributed by atoms with Gasteiger partial charge in [0, 0.05) is 18.3 Å². The Balaban J connectivity index is 1.67. The molecule has 0 aliphatic heterocycles. The topological polar surface area (TPSA) is 34.2 Å². The Bertz CT molecular complexity index is 615. The number of benzene rings is 1. The van der Waals surface area contributed by atoms with Crippen LogP contribution in [0.5, 0.6) is 11.5 Å². The summed E-state index contributed by atoms with van der Waals surface area (Å²) in [4.78, 5) is 3.03. The standard InChI is InChI=1S/C16H17ClFNO2/c1-2-20-13-4-3-12(17)16(15(13)18)21-14-8-11(14)7-10-5-6-19-9-10/h3-6,9,11,14,19H,2,7-8H2,1H3/t11-,14-/m0/s1. The lowest BCUT2D eigenvalue weighted by molar-refractivity contribution is 0.259. The van der Waals surface area contributed by atoms with Crippen LogP contribution in [0.3, 0.4) is 0 Å². The van der Waals surface area contributed by atoms with Crippen LogP contribution in [0.25, 0.3) is 0 Å². The fourth-order valence-electron chi connectivity index (χ4n) is 2.41. The normalized spacial score (nSPS) is 20.3. The predicted molar refractivity (Wildman–Crippen MR) is 79.6 cm³/mol. The highest BCUT2D eigenvalue weighted by atomic mass is 35.5. The summed E-state index contributed by atoms with van der Waals surface area (Å²) in [6.07, 6.45) is 5.73. The second kappa shape index (κ2) is 5.98. The van der Waals surface area contributed by atoms with E-state index in [0.29, 0.717) is 12.5 Å². The summed E-state index contributed by atoms with van der Waals surface area (Å²) >= 11 is 6.04. The van der Waals surface area contributed by atoms with Crippen molar-refractivity contribution < 1.29 is 13.9 Å². The molecule has 3 rings (SSSR count). The summed E-state index contributed by atoms with van der Waals surface area (Å²) in [5, 5.41) is 0.281. The molecule has 5 heteroatoms. The van der Waals surface area contributed by atoms with Crippen LogP contribution >= 0.6 is 11.6 Å². The third-order valence-corrected chi connectivity index (χ3v) is 3.90. The van der Waals surface area contributed by atoms with Crippen molar-refractivity contribution in [2.45, 2.75) is 25.9 Å². The zero-order valence-electron chi connectivity index (χ0n) is 11.7. The Kier molecular flexibility index (Phi) is 4.06. The highest BCUT2D eigenvalue weighted by Crippen LogP contribution is 2.42. The summed E-state index contributed by atoms with van der Waals surface area (Å²) in [5.74, 6) is 0.174. The second-order valence-electron chi connectivity index (χ2n) is 5.20. The average molecular weight is 310 g/mol. The molecule has 1 aromatic heterocycles. The maximum atomic E-state index is 14.3. The van der Waals surface area contributed by atoms with Crippen molar-refractivity contribution in [3.63, 3.8) is 0 Å². The molecule has 0 unspecified atom stereocenters. The number of ether oxygens (including phenoxy) is 2. The minimum Gasteiger partial charge on any atom is -0.491 e. The van der Waals surface area contributed by atoms with Crippen LogP contribution in [0.2, 0.25) is 5.02 Å². The van der Waals surface area contributed by atoms with Crippen LogP contribution in [-0.2, 0) is 6.42 Å². The molecule has 1 aliphatic carbocycles. The van der Waals surface area contributed by atoms with E-state index in [2.05, 4.69) is 4.98 Å². The highest BCUT2D eigenvalue weighted by molar-refractivity contribution is 6.32. The van der Waals surface area contributed by atoms with Crippen LogP contribution in [0, 0.1) is 11.7 Å². The Hall–Kier alpha value is -1.68. The number of halogens is 2. The average Bonchev–Trinajstić information content (AvgIpc) is 2.96. The van der Waals surface area contributed by atoms with Gasteiger partial charge in [-0.25, -0.2) is 0 Å². The van der Waals surface area contributed by atoms with Gasteiger partial charge in [-0.05, 0) is 43.5 Å². The monoisotopic (exact) mass is 309 g/mol. The van der Waals surface area contributed by atoms with Gasteiger partial charge in [0.1, 0.15) is 6.10 Å². The molecule has 21 heavy (non-hydrogen) atoms. The summed E-state index contributed by atoms with van der Waals surface area (Å²) < 4.78 is 25.2. The fourth-order valence-corrected chi connectivity index (χ4v) is 2.60. The van der Waals surface area contributed by atoms with E-state index < -0.39 is 5.82 Å². The number of hydrogen-bond donors (Lipinski definition) is 1. The van der Waals surface area contributed by atoms with Crippen LogP contribution in [0.4, 0.5) is 4.39 Å². The lowest BCUT2D eigenvalue weighted by atomic mass is 10.2. The van der Waals surface area contributed by atoms with E-state index in [9.17, 15) is 4.39 Å². The molecular formula is C16H17ClFNO2. The number of H-pyrrole nitrogens is 1. The maximum absolute atomic E-state index is 14.3. The van der Waals surface area contributed by atoms with E-state index in [1.807, 2.05) is 25.4 Å². The first kappa shape index (κ1) is 14.3. The number of rotatable bonds is 6. The van der Waals surface area contributed by atoms with Gasteiger partial charge in [0.15, 0.2) is 11.5 Å². The van der Waals surface area contributed by atoms with Crippen molar-refractivity contribution in [1.29, 1.82) is 0 Å². The molecule has 0 bridgehead atoms. The SMILES string of the molecule is CCOc1ccc(Cl)c(O[C@H]2C[C@@H]2Cc2cc[nH]c2)c1F. The first-order chi connectivity index (χ1) is 10.2. The number of nitrogens with one attached hydrogen (secondary N) is 1. The zero-order chi connectivity index (χ0) is 14.8. The largest absolute Gasteiger partial charge is 0.491 e. The van der Waals surface area contributed by atoms with E-state index in [1.54, 1.807) is 6.07 Å². The Morgan fingerprint density at radius 2 is 2.24 bits per heavy atom. The Labute approximate surface area is 128 Å². The smallest absolute Gasteiger partial charge is 0.208 e. The van der Waals surface area contributed by atoms with Gasteiger partial charge in [-0.2, -0.15) is 4.39 Å². The summed E-state index contributed by atoms with van der Waals surface area (Å²) in [6, 6.07) is 5.17. The van der Waals surface area contributed by atoms with E-state index in [0.717, 1.165) is 12.8 Å². The molecule has 2 atom stereocenters. The summed E-state index contributed by atoms with van der Waals surface area (Å²) in [5.41, 5.74) is 1.24. The molecular weight excluding hydrogens is 293 g/mol. The van der Waals surface area contributed by atoms with E-state index in [1.165, 1.54) is 11.6 Å². The van der Waals surface area contributed by atoms with Crippen LogP contribution in [0.15, 0.2) is 30.6 Å². The van der Waals surface area contributed by atoms with Gasteiger partial charge >= 0.3 is 0 Å². The molecule has 0 spiro atoms. The molecule has 0 saturated heterocycles. The third kappa shape index (κ3) is 3.16. The quantitative estimate of drug-likeness (QED) is 0.867. The molecule has 1 saturated carbocycles. The minimum atomic E-state index is -0.517. The number of aromatic amines is 1. The van der Waals surface area contributed by atoms with Gasteiger partial charge in [-0.15, -0.1) is 0 Å². The molecule has 1 heterocycles. The van der Waals surface area contributed by atoms with Crippen molar-refractivity contribution in [2.24, 2.45) is 5.92 Å². The van der Waals surface area contributed by atoms with E-state index in [-0.39, 0.29) is 22.6 Å². The van der Waals surface area contributed by atoms with Crippen LogP contribution in [0.1, 0.15) is 18.9 Å². The fraction of sp³-hybridized carbons (Fsp3) is 0.375. The molecule has 0 radical (unpaired) electrons. The van der Waals surface area contributed by atoms with E-state index >= 15 is 0 Å². The molecule has 0 amide bonds. The van der Waals surface area contributed by atoms with Crippen molar-refractivity contribution in [1.82, 2.24) is 4.98 Å². The van der Waals surface area contributed by atoms with Crippen LogP contribution in [-0.4, -0.2) is 17.7 Å². The van der Waals surface area contributed by atoms with Gasteiger partial charge in [0.25, 0.3) is 0 Å². The zero-order valence-corrected chi connectivity index (χ0v) is 12.5. The molecule has 1 N–H and O–H groups in total. The van der Waals surface area contributed by atoms with Crippen molar-refractivity contribution in [3.05, 3.63) is 47.0 Å². The Morgan fingerprint density at radius 1 is 1.38 bits per heavy atom. The number of hydrogen-bond acceptors (Lipinski definition) is 2. The minimum absolute atomic E-state index is 0.0174. The molecule has 112 valence electrons. The number of aromatic nitrogens is 1. The van der Waals surface area contributed by atoms with Gasteiger partial charge in [0.2, 0.25) is 5.82 Å². The second-order valence-corrected chi connectivity index (χ2v) is 5.60. The van der Waals surface area contributed by atoms with Gasteiger partial charge in [0.05, 0.1) is 11.6 Å². The van der Waals surface area contributed by atoms with Gasteiger partial charge < -0.3 is 14.5 Å². The summed E-state index contributed by atoms with van der Waals surface area (Å²) in [7, 11) is 0. The molecule has 1 aliphatic rings. The van der Waals surface area contributed by atoms with Gasteiger partial charge in [-0.3, -0.25) is 0 Å². The maximum Gasteiger partial charge on any atom is 0.208 e. The lowest BCUT2D eigenvalue weighted by Crippen LogP contribution is -2.05. The predicted octanol–water partition coefficient (Wildman–Crippen LogP) is 4.22. The molecule has 1 fully saturated rings. The summed E-state index contributed by atoms with van der Waals surface area (Å²) in [6.45, 7) is 2.21. The van der Waals surface area contributed by atoms with Crippen LogP contribution < -0.4 is 9.47 Å². The lowest BCUT2D eigenvalue weighted by Gasteiger charge is -2.12. The van der Waals surface area contributed by atoms with Crippen molar-refractivity contribution in [3.8, 4) is 11.5 Å². The molecule has 1 aromatic carbocycles. The first-order valence-corrected chi connectivity index (χ1v) is 7.46. The highest BCUT2D eigenvalue weighted by Gasteiger charge is 2.40. The Morgan fingerprint density at radius 3 is 2.95 bits per heavy atom.